The Morgan fingerprint density at radius 3 is 2.41 bits per heavy atom. The molecule has 0 aliphatic carbocycles. The lowest BCUT2D eigenvalue weighted by atomic mass is 10.1. The van der Waals surface area contributed by atoms with Crippen LogP contribution < -0.4 is 4.90 Å². The Morgan fingerprint density at radius 2 is 1.82 bits per heavy atom. The van der Waals surface area contributed by atoms with Crippen LogP contribution in [-0.2, 0) is 9.59 Å². The van der Waals surface area contributed by atoms with Crippen LogP contribution in [0, 0.1) is 11.8 Å². The number of carbonyl (C=O) groups excluding carboxylic acids is 2. The third kappa shape index (κ3) is 2.37. The minimum atomic E-state index is -1.48. The van der Waals surface area contributed by atoms with E-state index in [1.165, 1.54) is 18.2 Å². The van der Waals surface area contributed by atoms with Gasteiger partial charge in [-0.3, -0.25) is 9.59 Å². The van der Waals surface area contributed by atoms with Gasteiger partial charge in [0.1, 0.15) is 5.69 Å². The number of rotatable bonds is 4. The second-order valence-corrected chi connectivity index (χ2v) is 4.54. The Labute approximate surface area is 129 Å². The Bertz CT molecular complexity index is 769. The van der Waals surface area contributed by atoms with Crippen LogP contribution in [-0.4, -0.2) is 16.8 Å². The van der Waals surface area contributed by atoms with E-state index in [1.807, 2.05) is 0 Å². The van der Waals surface area contributed by atoms with Crippen LogP contribution in [0.15, 0.2) is 54.8 Å². The summed E-state index contributed by atoms with van der Waals surface area (Å²) in [6.07, 6.45) is 6.13. The van der Waals surface area contributed by atoms with E-state index in [0.717, 1.165) is 12.3 Å². The molecule has 1 aromatic rings. The second-order valence-electron chi connectivity index (χ2n) is 4.13. The van der Waals surface area contributed by atoms with Crippen LogP contribution in [0.2, 0.25) is 5.02 Å². The zero-order valence-corrected chi connectivity index (χ0v) is 11.9. The monoisotopic (exact) mass is 322 g/mol. The molecule has 0 saturated heterocycles. The molecule has 2 amide bonds. The van der Waals surface area contributed by atoms with Crippen molar-refractivity contribution in [3.63, 3.8) is 0 Å². The van der Waals surface area contributed by atoms with Crippen molar-refractivity contribution in [3.05, 3.63) is 71.6 Å². The molecule has 4 nitrogen and oxygen atoms in total. The molecule has 0 unspecified atom stereocenters. The molecule has 2 rings (SSSR count). The van der Waals surface area contributed by atoms with Crippen LogP contribution >= 0.6 is 11.6 Å². The predicted molar refractivity (Wildman–Crippen MR) is 78.2 cm³/mol. The fraction of sp³-hybridized carbons (Fsp3) is 0. The van der Waals surface area contributed by atoms with E-state index in [-0.39, 0.29) is 16.2 Å². The number of nitrogens with zero attached hydrogens (tertiary/aromatic N) is 2. The Hall–Kier alpha value is -2.60. The van der Waals surface area contributed by atoms with Crippen molar-refractivity contribution in [2.24, 2.45) is 0 Å². The van der Waals surface area contributed by atoms with Crippen LogP contribution in [0.3, 0.4) is 0 Å². The van der Waals surface area contributed by atoms with Gasteiger partial charge in [0.25, 0.3) is 17.8 Å². The Kier molecular flexibility index (Phi) is 4.32. The number of hydrogen-bond donors (Lipinski definition) is 0. The number of anilines is 1. The van der Waals surface area contributed by atoms with Gasteiger partial charge in [0, 0.05) is 0 Å². The molecular weight excluding hydrogens is 314 g/mol. The second kappa shape index (κ2) is 6.03. The summed E-state index contributed by atoms with van der Waals surface area (Å²) in [7, 11) is 0. The topological polar surface area (TPSA) is 50.3 Å². The molecule has 112 valence electrons. The molecule has 1 aliphatic rings. The van der Waals surface area contributed by atoms with Gasteiger partial charge in [0.2, 0.25) is 5.82 Å². The maximum Gasteiger partial charge on any atom is 0.266 e. The van der Waals surface area contributed by atoms with Crippen LogP contribution in [0.4, 0.5) is 14.5 Å². The fourth-order valence-corrected chi connectivity index (χ4v) is 2.14. The van der Waals surface area contributed by atoms with E-state index in [2.05, 4.69) is 18.1 Å². The molecule has 2 heterocycles. The number of pyridine rings is 1. The smallest absolute Gasteiger partial charge is 0.266 e. The highest BCUT2D eigenvalue weighted by atomic mass is 35.5. The minimum absolute atomic E-state index is 0.0208. The normalized spacial score (nSPS) is 15.1. The lowest BCUT2D eigenvalue weighted by Crippen LogP contribution is -2.33. The Balaban J connectivity index is 2.63. The van der Waals surface area contributed by atoms with E-state index < -0.39 is 29.3 Å². The van der Waals surface area contributed by atoms with Crippen molar-refractivity contribution in [1.29, 1.82) is 0 Å². The number of amides is 2. The maximum atomic E-state index is 13.9. The summed E-state index contributed by atoms with van der Waals surface area (Å²) in [6, 6.07) is 0. The van der Waals surface area contributed by atoms with Gasteiger partial charge in [-0.25, -0.2) is 9.88 Å². The minimum Gasteiger partial charge on any atom is -0.268 e. The lowest BCUT2D eigenvalue weighted by molar-refractivity contribution is -0.120. The number of carbonyl (C=O) groups is 2. The van der Waals surface area contributed by atoms with E-state index in [4.69, 9.17) is 11.6 Å². The summed E-state index contributed by atoms with van der Waals surface area (Å²) >= 11 is 5.76. The highest BCUT2D eigenvalue weighted by Crippen LogP contribution is 2.35. The molecule has 0 aromatic carbocycles. The standard InChI is InChI=1S/C15H9ClF2N2O2/c1-3-5-6-9-8(4-2)14(21)20(15(9)22)12-10(16)7-19-13(18)11(12)17/h3-7H,1-2H2/b6-5-. The first kappa shape index (κ1) is 15.8. The van der Waals surface area contributed by atoms with Gasteiger partial charge < -0.3 is 0 Å². The SMILES string of the molecule is C=C/C=C\C1=C(C=C)C(=O)N(c2c(Cl)cnc(F)c2F)C1=O. The van der Waals surface area contributed by atoms with Gasteiger partial charge in [-0.15, -0.1) is 0 Å². The van der Waals surface area contributed by atoms with Crippen LogP contribution in [0.1, 0.15) is 0 Å². The summed E-state index contributed by atoms with van der Waals surface area (Å²) in [6.45, 7) is 6.90. The van der Waals surface area contributed by atoms with Crippen LogP contribution in [0.5, 0.6) is 0 Å². The van der Waals surface area contributed by atoms with Crippen LogP contribution in [0.25, 0.3) is 0 Å². The first-order chi connectivity index (χ1) is 10.4. The number of halogens is 3. The van der Waals surface area contributed by atoms with E-state index >= 15 is 0 Å². The molecule has 0 radical (unpaired) electrons. The van der Waals surface area contributed by atoms with Crippen molar-refractivity contribution < 1.29 is 18.4 Å². The highest BCUT2D eigenvalue weighted by Gasteiger charge is 2.39. The fourth-order valence-electron chi connectivity index (χ4n) is 1.93. The van der Waals surface area contributed by atoms with Gasteiger partial charge in [-0.1, -0.05) is 43.0 Å². The number of aromatic nitrogens is 1. The largest absolute Gasteiger partial charge is 0.268 e. The highest BCUT2D eigenvalue weighted by molar-refractivity contribution is 6.39. The number of imide groups is 1. The van der Waals surface area contributed by atoms with E-state index in [1.54, 1.807) is 0 Å². The third-order valence-electron chi connectivity index (χ3n) is 2.89. The van der Waals surface area contributed by atoms with Gasteiger partial charge in [0.05, 0.1) is 22.4 Å². The summed E-state index contributed by atoms with van der Waals surface area (Å²) in [4.78, 5) is 28.2. The molecule has 7 heteroatoms. The average Bonchev–Trinajstić information content (AvgIpc) is 2.73. The van der Waals surface area contributed by atoms with Crippen molar-refractivity contribution in [2.45, 2.75) is 0 Å². The molecule has 0 atom stereocenters. The predicted octanol–water partition coefficient (Wildman–Crippen LogP) is 3.11. The summed E-state index contributed by atoms with van der Waals surface area (Å²) < 4.78 is 27.2. The molecule has 0 bridgehead atoms. The molecule has 0 spiro atoms. The van der Waals surface area contributed by atoms with Crippen molar-refractivity contribution in [1.82, 2.24) is 4.98 Å². The van der Waals surface area contributed by atoms with E-state index in [9.17, 15) is 18.4 Å². The number of allylic oxidation sites excluding steroid dienone is 2. The summed E-state index contributed by atoms with van der Waals surface area (Å²) in [5, 5.41) is -0.363. The van der Waals surface area contributed by atoms with Gasteiger partial charge >= 0.3 is 0 Å². The quantitative estimate of drug-likeness (QED) is 0.486. The zero-order chi connectivity index (χ0) is 16.4. The molecule has 0 N–H and O–H groups in total. The maximum absolute atomic E-state index is 13.9. The van der Waals surface area contributed by atoms with Gasteiger partial charge in [-0.2, -0.15) is 8.78 Å². The first-order valence-corrected chi connectivity index (χ1v) is 6.35. The van der Waals surface area contributed by atoms with E-state index in [0.29, 0.717) is 4.90 Å². The molecule has 1 aromatic heterocycles. The summed E-state index contributed by atoms with van der Waals surface area (Å²) in [5.41, 5.74) is -0.742. The van der Waals surface area contributed by atoms with Gasteiger partial charge in [-0.05, 0) is 6.08 Å². The van der Waals surface area contributed by atoms with Crippen molar-refractivity contribution >= 4 is 29.1 Å². The molecule has 1 aliphatic heterocycles. The first-order valence-electron chi connectivity index (χ1n) is 5.98. The summed E-state index contributed by atoms with van der Waals surface area (Å²) in [5.74, 6) is -4.64. The lowest BCUT2D eigenvalue weighted by Gasteiger charge is -2.16. The molecular formula is C15H9ClF2N2O2. The number of hydrogen-bond acceptors (Lipinski definition) is 3. The van der Waals surface area contributed by atoms with Crippen molar-refractivity contribution in [3.8, 4) is 0 Å². The molecule has 0 fully saturated rings. The molecule has 22 heavy (non-hydrogen) atoms. The average molecular weight is 323 g/mol. The van der Waals surface area contributed by atoms with Gasteiger partial charge in [0.15, 0.2) is 0 Å². The molecule has 0 saturated carbocycles. The van der Waals surface area contributed by atoms with Crippen molar-refractivity contribution in [2.75, 3.05) is 4.90 Å². The Morgan fingerprint density at radius 1 is 1.18 bits per heavy atom. The zero-order valence-electron chi connectivity index (χ0n) is 11.1. The third-order valence-corrected chi connectivity index (χ3v) is 3.17.